The van der Waals surface area contributed by atoms with E-state index in [9.17, 15) is 9.90 Å². The van der Waals surface area contributed by atoms with Gasteiger partial charge in [0.2, 0.25) is 0 Å². The van der Waals surface area contributed by atoms with E-state index in [2.05, 4.69) is 4.99 Å². The van der Waals surface area contributed by atoms with Crippen molar-refractivity contribution in [3.8, 4) is 5.75 Å². The van der Waals surface area contributed by atoms with Gasteiger partial charge in [0.25, 0.3) is 0 Å². The first-order valence-electron chi connectivity index (χ1n) is 6.16. The Kier molecular flexibility index (Phi) is 6.76. The highest BCUT2D eigenvalue weighted by molar-refractivity contribution is 6.30. The summed E-state index contributed by atoms with van der Waals surface area (Å²) in [5.41, 5.74) is 5.92. The van der Waals surface area contributed by atoms with Crippen molar-refractivity contribution in [3.05, 3.63) is 34.9 Å². The minimum absolute atomic E-state index is 0.0556. The van der Waals surface area contributed by atoms with Gasteiger partial charge in [-0.25, -0.2) is 4.79 Å². The second-order valence-electron chi connectivity index (χ2n) is 4.15. The van der Waals surface area contributed by atoms with E-state index in [1.165, 1.54) is 12.3 Å². The Morgan fingerprint density at radius 3 is 2.85 bits per heavy atom. The molecule has 0 aliphatic carbocycles. The van der Waals surface area contributed by atoms with E-state index >= 15 is 0 Å². The van der Waals surface area contributed by atoms with Crippen LogP contribution in [-0.2, 0) is 4.79 Å². The molecule has 0 bridgehead atoms. The molecule has 5 nitrogen and oxygen atoms in total. The average Bonchev–Trinajstić information content (AvgIpc) is 2.39. The van der Waals surface area contributed by atoms with Crippen molar-refractivity contribution in [1.29, 1.82) is 0 Å². The van der Waals surface area contributed by atoms with Crippen LogP contribution in [0.2, 0.25) is 5.02 Å². The highest BCUT2D eigenvalue weighted by Crippen LogP contribution is 2.22. The maximum Gasteiger partial charge on any atom is 0.328 e. The molecule has 20 heavy (non-hydrogen) atoms. The monoisotopic (exact) mass is 296 g/mol. The number of hydrogen-bond donors (Lipinski definition) is 3. The normalized spacial score (nSPS) is 13.1. The summed E-state index contributed by atoms with van der Waals surface area (Å²) in [5.74, 6) is -0.919. The molecule has 1 rings (SSSR count). The topological polar surface area (TPSA) is 95.9 Å². The van der Waals surface area contributed by atoms with E-state index in [1.54, 1.807) is 24.3 Å². The maximum atomic E-state index is 10.9. The number of carboxylic acid groups (broad SMARTS) is 1. The number of aromatic hydroxyl groups is 1. The van der Waals surface area contributed by atoms with Crippen LogP contribution >= 0.6 is 11.6 Å². The third-order valence-corrected chi connectivity index (χ3v) is 2.82. The number of hydrogen-bond acceptors (Lipinski definition) is 4. The minimum Gasteiger partial charge on any atom is -0.507 e. The molecular formula is C14H17ClN2O3. The third-order valence-electron chi connectivity index (χ3n) is 2.59. The largest absolute Gasteiger partial charge is 0.507 e. The van der Waals surface area contributed by atoms with E-state index in [4.69, 9.17) is 22.4 Å². The van der Waals surface area contributed by atoms with Crippen LogP contribution in [0.1, 0.15) is 18.4 Å². The highest BCUT2D eigenvalue weighted by Gasteiger charge is 2.13. The lowest BCUT2D eigenvalue weighted by atomic mass is 10.1. The lowest BCUT2D eigenvalue weighted by molar-refractivity contribution is -0.138. The molecule has 0 saturated carbocycles. The van der Waals surface area contributed by atoms with Crippen LogP contribution in [0, 0.1) is 0 Å². The van der Waals surface area contributed by atoms with Gasteiger partial charge in [-0.15, -0.1) is 0 Å². The molecular weight excluding hydrogens is 280 g/mol. The summed E-state index contributed by atoms with van der Waals surface area (Å²) in [6.07, 6.45) is 5.61. The number of carbonyl (C=O) groups is 1. The van der Waals surface area contributed by atoms with Gasteiger partial charge in [-0.05, 0) is 49.7 Å². The average molecular weight is 297 g/mol. The lowest BCUT2D eigenvalue weighted by Gasteiger charge is -2.04. The molecule has 0 aliphatic heterocycles. The van der Waals surface area contributed by atoms with Crippen LogP contribution in [0.5, 0.6) is 5.75 Å². The summed E-state index contributed by atoms with van der Waals surface area (Å²) in [7, 11) is 0. The van der Waals surface area contributed by atoms with Crippen molar-refractivity contribution in [2.45, 2.75) is 18.9 Å². The molecule has 108 valence electrons. The van der Waals surface area contributed by atoms with Crippen LogP contribution in [0.25, 0.3) is 6.08 Å². The Bertz CT molecular complexity index is 515. The molecule has 4 N–H and O–H groups in total. The van der Waals surface area contributed by atoms with Gasteiger partial charge in [0.15, 0.2) is 0 Å². The number of aliphatic imine (C=N–C) groups is 1. The van der Waals surface area contributed by atoms with E-state index < -0.39 is 12.0 Å². The van der Waals surface area contributed by atoms with Gasteiger partial charge in [0, 0.05) is 16.8 Å². The summed E-state index contributed by atoms with van der Waals surface area (Å²) in [6, 6.07) is 3.95. The standard InChI is InChI=1S/C14H17ClN2O3/c15-11-6-5-10(13(18)9-11)3-2-8-17-12(14(19)20)4-1-7-16/h2-3,5-6,8-9,12,18H,1,4,7,16H2,(H,19,20)/b3-2+,17-8?. The second-order valence-corrected chi connectivity index (χ2v) is 4.58. The first kappa shape index (κ1) is 16.2. The summed E-state index contributed by atoms with van der Waals surface area (Å²) in [4.78, 5) is 14.9. The van der Waals surface area contributed by atoms with Gasteiger partial charge in [-0.1, -0.05) is 11.6 Å². The summed E-state index contributed by atoms with van der Waals surface area (Å²) >= 11 is 5.72. The molecule has 0 heterocycles. The molecule has 0 aliphatic rings. The van der Waals surface area contributed by atoms with Crippen LogP contribution in [0.3, 0.4) is 0 Å². The second kappa shape index (κ2) is 8.35. The zero-order chi connectivity index (χ0) is 15.0. The van der Waals surface area contributed by atoms with Crippen molar-refractivity contribution >= 4 is 29.9 Å². The van der Waals surface area contributed by atoms with Crippen LogP contribution in [0.15, 0.2) is 29.3 Å². The van der Waals surface area contributed by atoms with Gasteiger partial charge in [0.05, 0.1) is 0 Å². The van der Waals surface area contributed by atoms with Crippen molar-refractivity contribution in [2.24, 2.45) is 10.7 Å². The Morgan fingerprint density at radius 1 is 1.50 bits per heavy atom. The molecule has 0 amide bonds. The fourth-order valence-electron chi connectivity index (χ4n) is 1.53. The molecule has 0 spiro atoms. The van der Waals surface area contributed by atoms with Crippen molar-refractivity contribution in [1.82, 2.24) is 0 Å². The summed E-state index contributed by atoms with van der Waals surface area (Å²) in [6.45, 7) is 0.438. The quantitative estimate of drug-likeness (QED) is 0.673. The number of carboxylic acids is 1. The van der Waals surface area contributed by atoms with E-state index in [1.807, 2.05) is 0 Å². The number of nitrogens with two attached hydrogens (primary N) is 1. The number of benzene rings is 1. The zero-order valence-electron chi connectivity index (χ0n) is 10.9. The molecule has 0 aromatic heterocycles. The molecule has 0 radical (unpaired) electrons. The molecule has 1 atom stereocenters. The fraction of sp³-hybridized carbons (Fsp3) is 0.286. The first-order chi connectivity index (χ1) is 9.54. The van der Waals surface area contributed by atoms with Gasteiger partial charge in [-0.2, -0.15) is 0 Å². The number of halogens is 1. The fourth-order valence-corrected chi connectivity index (χ4v) is 1.70. The number of nitrogens with zero attached hydrogens (tertiary/aromatic N) is 1. The van der Waals surface area contributed by atoms with E-state index in [0.29, 0.717) is 30.0 Å². The van der Waals surface area contributed by atoms with Crippen molar-refractivity contribution < 1.29 is 15.0 Å². The maximum absolute atomic E-state index is 10.9. The van der Waals surface area contributed by atoms with Gasteiger partial charge < -0.3 is 15.9 Å². The molecule has 0 saturated heterocycles. The van der Waals surface area contributed by atoms with Gasteiger partial charge in [-0.3, -0.25) is 4.99 Å². The van der Waals surface area contributed by atoms with Crippen LogP contribution < -0.4 is 5.73 Å². The lowest BCUT2D eigenvalue weighted by Crippen LogP contribution is -2.19. The molecule has 1 unspecified atom stereocenters. The molecule has 1 aromatic rings. The smallest absolute Gasteiger partial charge is 0.328 e. The number of phenolic OH excluding ortho intramolecular Hbond substituents is 1. The predicted molar refractivity (Wildman–Crippen MR) is 80.4 cm³/mol. The van der Waals surface area contributed by atoms with Gasteiger partial charge >= 0.3 is 5.97 Å². The SMILES string of the molecule is NCCCC(N=C/C=C/c1ccc(Cl)cc1O)C(=O)O. The minimum atomic E-state index is -0.975. The van der Waals surface area contributed by atoms with Crippen LogP contribution in [-0.4, -0.2) is 35.0 Å². The Hall–Kier alpha value is -1.85. The van der Waals surface area contributed by atoms with Crippen molar-refractivity contribution in [2.75, 3.05) is 6.54 Å². The number of aliphatic carboxylic acids is 1. The number of allylic oxidation sites excluding steroid dienone is 1. The Labute approximate surface area is 122 Å². The zero-order valence-corrected chi connectivity index (χ0v) is 11.6. The first-order valence-corrected chi connectivity index (χ1v) is 6.53. The van der Waals surface area contributed by atoms with Crippen LogP contribution in [0.4, 0.5) is 0 Å². The number of phenols is 1. The molecule has 6 heteroatoms. The van der Waals surface area contributed by atoms with E-state index in [-0.39, 0.29) is 5.75 Å². The van der Waals surface area contributed by atoms with E-state index in [0.717, 1.165) is 0 Å². The molecule has 1 aromatic carbocycles. The summed E-state index contributed by atoms with van der Waals surface area (Å²) < 4.78 is 0. The summed E-state index contributed by atoms with van der Waals surface area (Å²) in [5, 5.41) is 19.0. The van der Waals surface area contributed by atoms with Gasteiger partial charge in [0.1, 0.15) is 11.8 Å². The molecule has 0 fully saturated rings. The third kappa shape index (κ3) is 5.42. The Morgan fingerprint density at radius 2 is 2.25 bits per heavy atom. The van der Waals surface area contributed by atoms with Crippen molar-refractivity contribution in [3.63, 3.8) is 0 Å². The highest BCUT2D eigenvalue weighted by atomic mass is 35.5. The Balaban J connectivity index is 2.65. The number of rotatable bonds is 7. The predicted octanol–water partition coefficient (Wildman–Crippen LogP) is 2.32.